The molecule has 0 aliphatic heterocycles. The Labute approximate surface area is 110 Å². The van der Waals surface area contributed by atoms with Crippen LogP contribution in [-0.4, -0.2) is 28.9 Å². The maximum atomic E-state index is 11.1. The van der Waals surface area contributed by atoms with Gasteiger partial charge in [0.05, 0.1) is 0 Å². The lowest BCUT2D eigenvalue weighted by Gasteiger charge is -2.01. The average molecular weight is 250 g/mol. The van der Waals surface area contributed by atoms with Crippen molar-refractivity contribution in [2.45, 2.75) is 0 Å². The Bertz CT molecular complexity index is 766. The van der Waals surface area contributed by atoms with Gasteiger partial charge in [0, 0.05) is 23.5 Å². The van der Waals surface area contributed by atoms with Gasteiger partial charge in [0.2, 0.25) is 0 Å². The highest BCUT2D eigenvalue weighted by Gasteiger charge is 2.13. The van der Waals surface area contributed by atoms with Gasteiger partial charge in [-0.05, 0) is 28.5 Å². The maximum absolute atomic E-state index is 11.1. The largest absolute Gasteiger partial charge is 0.477 e. The van der Waals surface area contributed by atoms with E-state index in [1.165, 1.54) is 0 Å². The highest BCUT2D eigenvalue weighted by atomic mass is 16.4. The number of nitrogens with one attached hydrogen (secondary N) is 1. The van der Waals surface area contributed by atoms with Gasteiger partial charge in [-0.3, -0.25) is 4.98 Å². The van der Waals surface area contributed by atoms with Gasteiger partial charge in [0.15, 0.2) is 0 Å². The molecule has 1 aromatic carbocycles. The molecule has 0 radical (unpaired) electrons. The summed E-state index contributed by atoms with van der Waals surface area (Å²) in [6.07, 6.45) is 3.51. The standard InChI is InChI=1S/C14H11BN2O2/c15-12-10-4-3-8(9-2-1-5-16-7-9)6-11(10)17-13(12)14(18)19/h1-7,17H,15H2,(H,18,19). The van der Waals surface area contributed by atoms with E-state index in [1.807, 2.05) is 38.2 Å². The minimum absolute atomic E-state index is 0.248. The first-order valence-corrected chi connectivity index (χ1v) is 5.93. The van der Waals surface area contributed by atoms with Crippen molar-refractivity contribution in [1.29, 1.82) is 0 Å². The van der Waals surface area contributed by atoms with Gasteiger partial charge < -0.3 is 10.1 Å². The first-order valence-electron chi connectivity index (χ1n) is 5.93. The van der Waals surface area contributed by atoms with Gasteiger partial charge >= 0.3 is 5.97 Å². The molecule has 2 aromatic heterocycles. The molecule has 3 rings (SSSR count). The number of carboxylic acid groups (broad SMARTS) is 1. The van der Waals surface area contributed by atoms with E-state index in [0.717, 1.165) is 27.5 Å². The second-order valence-electron chi connectivity index (χ2n) is 4.43. The number of aromatic carboxylic acids is 1. The molecule has 3 aromatic rings. The van der Waals surface area contributed by atoms with Crippen LogP contribution in [0.4, 0.5) is 0 Å². The molecule has 0 aliphatic carbocycles. The molecule has 2 N–H and O–H groups in total. The average Bonchev–Trinajstić information content (AvgIpc) is 2.77. The van der Waals surface area contributed by atoms with Crippen molar-refractivity contribution in [2.24, 2.45) is 0 Å². The number of pyridine rings is 1. The highest BCUT2D eigenvalue weighted by molar-refractivity contribution is 6.42. The third-order valence-electron chi connectivity index (χ3n) is 3.27. The molecule has 2 heterocycles. The van der Waals surface area contributed by atoms with Crippen LogP contribution in [0.15, 0.2) is 42.7 Å². The summed E-state index contributed by atoms with van der Waals surface area (Å²) in [4.78, 5) is 18.1. The van der Waals surface area contributed by atoms with Crippen molar-refractivity contribution in [3.63, 3.8) is 0 Å². The monoisotopic (exact) mass is 250 g/mol. The Morgan fingerprint density at radius 3 is 2.79 bits per heavy atom. The summed E-state index contributed by atoms with van der Waals surface area (Å²) >= 11 is 0. The van der Waals surface area contributed by atoms with Crippen LogP contribution in [0.3, 0.4) is 0 Å². The summed E-state index contributed by atoms with van der Waals surface area (Å²) in [5.74, 6) is -0.934. The topological polar surface area (TPSA) is 66.0 Å². The summed E-state index contributed by atoms with van der Waals surface area (Å²) in [6.45, 7) is 0. The van der Waals surface area contributed by atoms with Gasteiger partial charge in [-0.1, -0.05) is 18.2 Å². The zero-order valence-corrected chi connectivity index (χ0v) is 10.3. The van der Waals surface area contributed by atoms with Crippen LogP contribution < -0.4 is 5.46 Å². The van der Waals surface area contributed by atoms with Crippen molar-refractivity contribution in [3.8, 4) is 11.1 Å². The molecule has 5 heteroatoms. The minimum atomic E-state index is -0.934. The number of nitrogens with zero attached hydrogens (tertiary/aromatic N) is 1. The van der Waals surface area contributed by atoms with E-state index in [1.54, 1.807) is 12.4 Å². The van der Waals surface area contributed by atoms with Crippen LogP contribution >= 0.6 is 0 Å². The maximum Gasteiger partial charge on any atom is 0.351 e. The van der Waals surface area contributed by atoms with Gasteiger partial charge in [-0.2, -0.15) is 0 Å². The number of H-pyrrole nitrogens is 1. The van der Waals surface area contributed by atoms with Crippen molar-refractivity contribution < 1.29 is 9.90 Å². The van der Waals surface area contributed by atoms with Crippen molar-refractivity contribution in [2.75, 3.05) is 0 Å². The van der Waals surface area contributed by atoms with Crippen LogP contribution in [0.5, 0.6) is 0 Å². The molecule has 4 nitrogen and oxygen atoms in total. The molecule has 0 fully saturated rings. The van der Waals surface area contributed by atoms with Crippen molar-refractivity contribution in [3.05, 3.63) is 48.4 Å². The second kappa shape index (κ2) is 4.28. The highest BCUT2D eigenvalue weighted by Crippen LogP contribution is 2.22. The minimum Gasteiger partial charge on any atom is -0.477 e. The Balaban J connectivity index is 2.19. The molecule has 0 amide bonds. The fraction of sp³-hybridized carbons (Fsp3) is 0. The van der Waals surface area contributed by atoms with Crippen LogP contribution in [0.2, 0.25) is 0 Å². The van der Waals surface area contributed by atoms with E-state index >= 15 is 0 Å². The number of rotatable bonds is 2. The third kappa shape index (κ3) is 1.89. The normalized spacial score (nSPS) is 10.7. The van der Waals surface area contributed by atoms with Crippen LogP contribution in [-0.2, 0) is 0 Å². The van der Waals surface area contributed by atoms with Crippen LogP contribution in [0, 0.1) is 0 Å². The Morgan fingerprint density at radius 2 is 2.11 bits per heavy atom. The first kappa shape index (κ1) is 11.5. The van der Waals surface area contributed by atoms with Crippen molar-refractivity contribution >= 4 is 30.2 Å². The molecule has 0 spiro atoms. The molecular weight excluding hydrogens is 239 g/mol. The number of aromatic nitrogens is 2. The number of hydrogen-bond donors (Lipinski definition) is 2. The Kier molecular flexibility index (Phi) is 2.60. The molecular formula is C14H11BN2O2. The number of fused-ring (bicyclic) bond motifs is 1. The molecule has 19 heavy (non-hydrogen) atoms. The summed E-state index contributed by atoms with van der Waals surface area (Å²) < 4.78 is 0. The van der Waals surface area contributed by atoms with E-state index in [4.69, 9.17) is 5.11 Å². The molecule has 0 unspecified atom stereocenters. The lowest BCUT2D eigenvalue weighted by atomic mass is 9.91. The molecule has 0 atom stereocenters. The Hall–Kier alpha value is -2.56. The fourth-order valence-corrected chi connectivity index (χ4v) is 2.26. The number of hydrogen-bond acceptors (Lipinski definition) is 2. The summed E-state index contributed by atoms with van der Waals surface area (Å²) in [6, 6.07) is 9.72. The fourth-order valence-electron chi connectivity index (χ4n) is 2.26. The third-order valence-corrected chi connectivity index (χ3v) is 3.27. The summed E-state index contributed by atoms with van der Waals surface area (Å²) in [7, 11) is 1.81. The number of benzene rings is 1. The van der Waals surface area contributed by atoms with E-state index in [9.17, 15) is 4.79 Å². The summed E-state index contributed by atoms with van der Waals surface area (Å²) in [5, 5.41) is 10.0. The molecule has 0 saturated heterocycles. The van der Waals surface area contributed by atoms with Gasteiger partial charge in [-0.25, -0.2) is 4.79 Å². The quantitative estimate of drug-likeness (QED) is 0.671. The first-order chi connectivity index (χ1) is 9.16. The predicted molar refractivity (Wildman–Crippen MR) is 76.7 cm³/mol. The predicted octanol–water partition coefficient (Wildman–Crippen LogP) is 1.19. The molecule has 0 saturated carbocycles. The zero-order valence-electron chi connectivity index (χ0n) is 10.3. The summed E-state index contributed by atoms with van der Waals surface area (Å²) in [5.41, 5.74) is 3.86. The lowest BCUT2D eigenvalue weighted by molar-refractivity contribution is 0.0693. The van der Waals surface area contributed by atoms with Gasteiger partial charge in [0.25, 0.3) is 0 Å². The van der Waals surface area contributed by atoms with E-state index in [2.05, 4.69) is 9.97 Å². The van der Waals surface area contributed by atoms with Gasteiger partial charge in [0.1, 0.15) is 13.5 Å². The number of carboxylic acids is 1. The molecule has 0 aliphatic rings. The Morgan fingerprint density at radius 1 is 1.26 bits per heavy atom. The van der Waals surface area contributed by atoms with Crippen molar-refractivity contribution in [1.82, 2.24) is 9.97 Å². The van der Waals surface area contributed by atoms with E-state index < -0.39 is 5.97 Å². The van der Waals surface area contributed by atoms with Gasteiger partial charge in [-0.15, -0.1) is 0 Å². The number of aromatic amines is 1. The van der Waals surface area contributed by atoms with Crippen LogP contribution in [0.1, 0.15) is 10.5 Å². The zero-order chi connectivity index (χ0) is 13.4. The van der Waals surface area contributed by atoms with E-state index in [0.29, 0.717) is 0 Å². The second-order valence-corrected chi connectivity index (χ2v) is 4.43. The smallest absolute Gasteiger partial charge is 0.351 e. The SMILES string of the molecule is Bc1c(C(=O)O)[nH]c2cc(-c3cccnc3)ccc12. The van der Waals surface area contributed by atoms with Crippen LogP contribution in [0.25, 0.3) is 22.0 Å². The van der Waals surface area contributed by atoms with E-state index in [-0.39, 0.29) is 5.69 Å². The number of carbonyl (C=O) groups is 1. The molecule has 92 valence electrons. The lowest BCUT2D eigenvalue weighted by Crippen LogP contribution is -2.13. The molecule has 0 bridgehead atoms.